The highest BCUT2D eigenvalue weighted by molar-refractivity contribution is 5.52. The van der Waals surface area contributed by atoms with Gasteiger partial charge in [0.05, 0.1) is 11.9 Å². The average Bonchev–Trinajstić information content (AvgIpc) is 2.17. The van der Waals surface area contributed by atoms with Crippen LogP contribution >= 0.6 is 0 Å². The first-order valence-corrected chi connectivity index (χ1v) is 5.24. The second-order valence-electron chi connectivity index (χ2n) is 4.36. The Morgan fingerprint density at radius 1 is 1.43 bits per heavy atom. The van der Waals surface area contributed by atoms with Gasteiger partial charge in [0.1, 0.15) is 0 Å². The third-order valence-corrected chi connectivity index (χ3v) is 3.27. The SMILES string of the molecule is Cc1ccncc1N1CC2CC(C1)N2. The van der Waals surface area contributed by atoms with Gasteiger partial charge >= 0.3 is 0 Å². The molecule has 4 heterocycles. The molecule has 1 aromatic rings. The lowest BCUT2D eigenvalue weighted by atomic mass is 9.91. The van der Waals surface area contributed by atoms with E-state index in [0.29, 0.717) is 12.1 Å². The summed E-state index contributed by atoms with van der Waals surface area (Å²) >= 11 is 0. The maximum Gasteiger partial charge on any atom is 0.0583 e. The van der Waals surface area contributed by atoms with Crippen LogP contribution in [0, 0.1) is 6.92 Å². The minimum Gasteiger partial charge on any atom is -0.367 e. The van der Waals surface area contributed by atoms with Crippen LogP contribution in [-0.4, -0.2) is 30.2 Å². The van der Waals surface area contributed by atoms with Gasteiger partial charge in [0.15, 0.2) is 0 Å². The van der Waals surface area contributed by atoms with Gasteiger partial charge in [0, 0.05) is 31.4 Å². The topological polar surface area (TPSA) is 28.2 Å². The first kappa shape index (κ1) is 8.24. The fourth-order valence-electron chi connectivity index (χ4n) is 2.50. The van der Waals surface area contributed by atoms with Crippen LogP contribution in [0.5, 0.6) is 0 Å². The number of anilines is 1. The van der Waals surface area contributed by atoms with Gasteiger partial charge in [-0.05, 0) is 25.0 Å². The zero-order valence-electron chi connectivity index (χ0n) is 8.40. The van der Waals surface area contributed by atoms with Crippen molar-refractivity contribution in [2.75, 3.05) is 18.0 Å². The van der Waals surface area contributed by atoms with Crippen LogP contribution in [0.25, 0.3) is 0 Å². The van der Waals surface area contributed by atoms with E-state index in [2.05, 4.69) is 28.2 Å². The van der Waals surface area contributed by atoms with E-state index in [0.717, 1.165) is 13.1 Å². The minimum absolute atomic E-state index is 0.716. The van der Waals surface area contributed by atoms with Crippen LogP contribution in [0.3, 0.4) is 0 Å². The van der Waals surface area contributed by atoms with Crippen molar-refractivity contribution in [1.82, 2.24) is 10.3 Å². The molecule has 3 nitrogen and oxygen atoms in total. The molecule has 14 heavy (non-hydrogen) atoms. The highest BCUT2D eigenvalue weighted by Gasteiger charge is 2.36. The molecule has 0 aliphatic carbocycles. The van der Waals surface area contributed by atoms with E-state index in [9.17, 15) is 0 Å². The van der Waals surface area contributed by atoms with Crippen molar-refractivity contribution < 1.29 is 0 Å². The smallest absolute Gasteiger partial charge is 0.0583 e. The quantitative estimate of drug-likeness (QED) is 0.712. The number of piperidine rings is 1. The summed E-state index contributed by atoms with van der Waals surface area (Å²) in [4.78, 5) is 6.65. The van der Waals surface area contributed by atoms with Crippen molar-refractivity contribution in [1.29, 1.82) is 0 Å². The molecular formula is C11H15N3. The molecule has 74 valence electrons. The summed E-state index contributed by atoms with van der Waals surface area (Å²) in [6.45, 7) is 4.44. The molecule has 0 saturated carbocycles. The standard InChI is InChI=1S/C11H15N3/c1-8-2-3-12-5-11(8)14-6-9-4-10(7-14)13-9/h2-3,5,9-10,13H,4,6-7H2,1H3. The molecule has 3 aliphatic heterocycles. The number of nitrogens with zero attached hydrogens (tertiary/aromatic N) is 2. The second-order valence-corrected chi connectivity index (χ2v) is 4.36. The number of nitrogens with one attached hydrogen (secondary N) is 1. The van der Waals surface area contributed by atoms with Crippen LogP contribution in [-0.2, 0) is 0 Å². The summed E-state index contributed by atoms with van der Waals surface area (Å²) in [5.41, 5.74) is 2.64. The van der Waals surface area contributed by atoms with Crippen molar-refractivity contribution in [3.8, 4) is 0 Å². The van der Waals surface area contributed by atoms with E-state index in [4.69, 9.17) is 0 Å². The Hall–Kier alpha value is -1.09. The molecule has 2 bridgehead atoms. The molecule has 3 fully saturated rings. The molecule has 2 atom stereocenters. The van der Waals surface area contributed by atoms with Crippen molar-refractivity contribution in [3.63, 3.8) is 0 Å². The third kappa shape index (κ3) is 1.20. The van der Waals surface area contributed by atoms with Gasteiger partial charge in [-0.25, -0.2) is 0 Å². The molecule has 0 radical (unpaired) electrons. The molecule has 3 saturated heterocycles. The van der Waals surface area contributed by atoms with E-state index in [-0.39, 0.29) is 0 Å². The molecule has 0 amide bonds. The number of fused-ring (bicyclic) bond motifs is 2. The molecule has 1 aromatic heterocycles. The number of hydrogen-bond acceptors (Lipinski definition) is 3. The normalized spacial score (nSPS) is 29.9. The minimum atomic E-state index is 0.716. The number of hydrogen-bond donors (Lipinski definition) is 1. The number of piperazine rings is 1. The fraction of sp³-hybridized carbons (Fsp3) is 0.545. The Labute approximate surface area is 84.1 Å². The van der Waals surface area contributed by atoms with Crippen LogP contribution in [0.2, 0.25) is 0 Å². The predicted molar refractivity (Wildman–Crippen MR) is 56.5 cm³/mol. The maximum absolute atomic E-state index is 4.20. The largest absolute Gasteiger partial charge is 0.367 e. The van der Waals surface area contributed by atoms with Crippen LogP contribution in [0.1, 0.15) is 12.0 Å². The summed E-state index contributed by atoms with van der Waals surface area (Å²) < 4.78 is 0. The molecule has 3 aliphatic rings. The molecule has 0 aromatic carbocycles. The van der Waals surface area contributed by atoms with E-state index >= 15 is 0 Å². The van der Waals surface area contributed by atoms with Gasteiger partial charge in [-0.1, -0.05) is 0 Å². The number of pyridine rings is 1. The first-order valence-electron chi connectivity index (χ1n) is 5.24. The molecular weight excluding hydrogens is 174 g/mol. The van der Waals surface area contributed by atoms with Crippen molar-refractivity contribution in [3.05, 3.63) is 24.0 Å². The zero-order chi connectivity index (χ0) is 9.54. The van der Waals surface area contributed by atoms with E-state index in [1.165, 1.54) is 17.7 Å². The highest BCUT2D eigenvalue weighted by atomic mass is 15.3. The van der Waals surface area contributed by atoms with Crippen molar-refractivity contribution >= 4 is 5.69 Å². The van der Waals surface area contributed by atoms with E-state index in [1.54, 1.807) is 0 Å². The number of aryl methyl sites for hydroxylation is 1. The monoisotopic (exact) mass is 189 g/mol. The second kappa shape index (κ2) is 2.95. The lowest BCUT2D eigenvalue weighted by Crippen LogP contribution is -2.67. The Morgan fingerprint density at radius 2 is 2.14 bits per heavy atom. The lowest BCUT2D eigenvalue weighted by Gasteiger charge is -2.49. The van der Waals surface area contributed by atoms with E-state index in [1.807, 2.05) is 12.4 Å². The summed E-state index contributed by atoms with van der Waals surface area (Å²) in [6, 6.07) is 3.52. The van der Waals surface area contributed by atoms with E-state index < -0.39 is 0 Å². The predicted octanol–water partition coefficient (Wildman–Crippen LogP) is 0.941. The number of rotatable bonds is 1. The lowest BCUT2D eigenvalue weighted by molar-refractivity contribution is 0.225. The average molecular weight is 189 g/mol. The summed E-state index contributed by atoms with van der Waals surface area (Å²) in [5.74, 6) is 0. The highest BCUT2D eigenvalue weighted by Crippen LogP contribution is 2.27. The van der Waals surface area contributed by atoms with Crippen molar-refractivity contribution in [2.45, 2.75) is 25.4 Å². The van der Waals surface area contributed by atoms with Gasteiger partial charge in [-0.2, -0.15) is 0 Å². The Kier molecular flexibility index (Phi) is 1.74. The summed E-state index contributed by atoms with van der Waals surface area (Å²) in [7, 11) is 0. The van der Waals surface area contributed by atoms with Gasteiger partial charge < -0.3 is 10.2 Å². The summed E-state index contributed by atoms with van der Waals surface area (Å²) in [6.07, 6.45) is 5.21. The first-order chi connectivity index (χ1) is 6.83. The number of aromatic nitrogens is 1. The van der Waals surface area contributed by atoms with Crippen LogP contribution in [0.4, 0.5) is 5.69 Å². The molecule has 2 unspecified atom stereocenters. The van der Waals surface area contributed by atoms with Gasteiger partial charge in [0.25, 0.3) is 0 Å². The molecule has 3 heteroatoms. The third-order valence-electron chi connectivity index (χ3n) is 3.27. The Bertz CT molecular complexity index is 334. The summed E-state index contributed by atoms with van der Waals surface area (Å²) in [5, 5.41) is 3.54. The molecule has 4 rings (SSSR count). The van der Waals surface area contributed by atoms with Gasteiger partial charge in [-0.15, -0.1) is 0 Å². The Balaban J connectivity index is 1.85. The van der Waals surface area contributed by atoms with Crippen molar-refractivity contribution in [2.24, 2.45) is 0 Å². The van der Waals surface area contributed by atoms with Gasteiger partial charge in [0.2, 0.25) is 0 Å². The Morgan fingerprint density at radius 3 is 2.79 bits per heavy atom. The maximum atomic E-state index is 4.20. The zero-order valence-corrected chi connectivity index (χ0v) is 8.40. The van der Waals surface area contributed by atoms with Crippen LogP contribution in [0.15, 0.2) is 18.5 Å². The molecule has 0 spiro atoms. The molecule has 1 N–H and O–H groups in total. The van der Waals surface area contributed by atoms with Gasteiger partial charge in [-0.3, -0.25) is 4.98 Å². The van der Waals surface area contributed by atoms with Crippen LogP contribution < -0.4 is 10.2 Å². The fourth-order valence-corrected chi connectivity index (χ4v) is 2.50.